The number of halogens is 1. The van der Waals surface area contributed by atoms with E-state index < -0.39 is 0 Å². The first-order valence-corrected chi connectivity index (χ1v) is 6.53. The van der Waals surface area contributed by atoms with Crippen LogP contribution in [0.5, 0.6) is 0 Å². The molecular formula is C13H16ClN3S. The van der Waals surface area contributed by atoms with Crippen LogP contribution in [0, 0.1) is 0 Å². The highest BCUT2D eigenvalue weighted by Gasteiger charge is 2.24. The molecule has 96 valence electrons. The topological polar surface area (TPSA) is 43.3 Å². The zero-order valence-electron chi connectivity index (χ0n) is 10.7. The standard InChI is InChI=1S/C13H16ClN3S/c1-13(2,3)11-9(7-10(15)18)17-6-4-5-8(14)12(17)16-11/h4-6H,7H2,1-3H3,(H2,15,18). The number of imidazole rings is 1. The average Bonchev–Trinajstić information content (AvgIpc) is 2.57. The van der Waals surface area contributed by atoms with Crippen molar-refractivity contribution in [3.8, 4) is 0 Å². The molecule has 0 atom stereocenters. The average molecular weight is 282 g/mol. The molecule has 0 fully saturated rings. The van der Waals surface area contributed by atoms with E-state index in [1.54, 1.807) is 0 Å². The van der Waals surface area contributed by atoms with E-state index in [0.29, 0.717) is 16.4 Å². The van der Waals surface area contributed by atoms with E-state index in [4.69, 9.17) is 29.6 Å². The lowest BCUT2D eigenvalue weighted by atomic mass is 9.90. The molecule has 0 aromatic carbocycles. The lowest BCUT2D eigenvalue weighted by Gasteiger charge is -2.17. The number of thiocarbonyl (C=S) groups is 1. The summed E-state index contributed by atoms with van der Waals surface area (Å²) >= 11 is 11.2. The number of aromatic nitrogens is 2. The minimum atomic E-state index is -0.0739. The van der Waals surface area contributed by atoms with Gasteiger partial charge in [-0.25, -0.2) is 4.98 Å². The van der Waals surface area contributed by atoms with Gasteiger partial charge in [0.15, 0.2) is 5.65 Å². The molecule has 2 aromatic rings. The van der Waals surface area contributed by atoms with E-state index in [1.165, 1.54) is 0 Å². The fourth-order valence-corrected chi connectivity index (χ4v) is 2.36. The van der Waals surface area contributed by atoms with Crippen molar-refractivity contribution >= 4 is 34.5 Å². The Morgan fingerprint density at radius 3 is 2.72 bits per heavy atom. The van der Waals surface area contributed by atoms with E-state index in [1.807, 2.05) is 22.7 Å². The first kappa shape index (κ1) is 13.3. The molecule has 2 heterocycles. The van der Waals surface area contributed by atoms with Gasteiger partial charge in [0.2, 0.25) is 0 Å². The minimum absolute atomic E-state index is 0.0739. The fraction of sp³-hybridized carbons (Fsp3) is 0.385. The Kier molecular flexibility index (Phi) is 3.34. The third-order valence-corrected chi connectivity index (χ3v) is 3.19. The zero-order valence-corrected chi connectivity index (χ0v) is 12.3. The molecule has 0 aliphatic heterocycles. The summed E-state index contributed by atoms with van der Waals surface area (Å²) in [5.41, 5.74) is 8.38. The van der Waals surface area contributed by atoms with Gasteiger partial charge < -0.3 is 10.1 Å². The highest BCUT2D eigenvalue weighted by molar-refractivity contribution is 7.80. The van der Waals surface area contributed by atoms with E-state index in [0.717, 1.165) is 17.0 Å². The van der Waals surface area contributed by atoms with E-state index in [-0.39, 0.29) is 5.41 Å². The molecule has 0 bridgehead atoms. The molecule has 0 amide bonds. The molecule has 2 N–H and O–H groups in total. The summed E-state index contributed by atoms with van der Waals surface area (Å²) < 4.78 is 1.97. The Labute approximate surface area is 117 Å². The van der Waals surface area contributed by atoms with Crippen LogP contribution in [0.1, 0.15) is 32.2 Å². The van der Waals surface area contributed by atoms with Gasteiger partial charge in [-0.05, 0) is 12.1 Å². The molecule has 5 heteroatoms. The van der Waals surface area contributed by atoms with Crippen molar-refractivity contribution in [2.75, 3.05) is 0 Å². The molecule has 2 aromatic heterocycles. The highest BCUT2D eigenvalue weighted by Crippen LogP contribution is 2.29. The lowest BCUT2D eigenvalue weighted by molar-refractivity contribution is 0.567. The van der Waals surface area contributed by atoms with Crippen molar-refractivity contribution in [2.45, 2.75) is 32.6 Å². The first-order chi connectivity index (χ1) is 8.30. The Bertz CT molecular complexity index is 610. The van der Waals surface area contributed by atoms with Crippen molar-refractivity contribution in [3.05, 3.63) is 34.7 Å². The molecule has 0 spiro atoms. The van der Waals surface area contributed by atoms with Crippen molar-refractivity contribution in [1.82, 2.24) is 9.38 Å². The van der Waals surface area contributed by atoms with E-state index >= 15 is 0 Å². The molecule has 0 aliphatic rings. The van der Waals surface area contributed by atoms with Gasteiger partial charge >= 0.3 is 0 Å². The van der Waals surface area contributed by atoms with Crippen molar-refractivity contribution in [3.63, 3.8) is 0 Å². The predicted molar refractivity (Wildman–Crippen MR) is 79.4 cm³/mol. The van der Waals surface area contributed by atoms with Gasteiger partial charge in [0.25, 0.3) is 0 Å². The van der Waals surface area contributed by atoms with Crippen LogP contribution in [0.25, 0.3) is 5.65 Å². The van der Waals surface area contributed by atoms with E-state index in [9.17, 15) is 0 Å². The minimum Gasteiger partial charge on any atom is -0.393 e. The van der Waals surface area contributed by atoms with Gasteiger partial charge in [0.05, 0.1) is 21.4 Å². The van der Waals surface area contributed by atoms with Gasteiger partial charge in [0, 0.05) is 18.0 Å². The summed E-state index contributed by atoms with van der Waals surface area (Å²) in [6.07, 6.45) is 2.47. The summed E-state index contributed by atoms with van der Waals surface area (Å²) in [4.78, 5) is 5.11. The number of fused-ring (bicyclic) bond motifs is 1. The van der Waals surface area contributed by atoms with Crippen molar-refractivity contribution in [2.24, 2.45) is 5.73 Å². The second-order valence-electron chi connectivity index (χ2n) is 5.35. The Morgan fingerprint density at radius 1 is 1.50 bits per heavy atom. The third kappa shape index (κ3) is 2.35. The number of nitrogens with two attached hydrogens (primary N) is 1. The van der Waals surface area contributed by atoms with Gasteiger partial charge in [0.1, 0.15) is 0 Å². The second-order valence-corrected chi connectivity index (χ2v) is 6.28. The summed E-state index contributed by atoms with van der Waals surface area (Å²) in [6.45, 7) is 6.35. The van der Waals surface area contributed by atoms with Crippen LogP contribution in [-0.2, 0) is 11.8 Å². The van der Waals surface area contributed by atoms with E-state index in [2.05, 4.69) is 25.8 Å². The third-order valence-electron chi connectivity index (χ3n) is 2.75. The molecule has 0 saturated carbocycles. The van der Waals surface area contributed by atoms with Gasteiger partial charge in [-0.15, -0.1) is 0 Å². The first-order valence-electron chi connectivity index (χ1n) is 5.75. The lowest BCUT2D eigenvalue weighted by Crippen LogP contribution is -2.19. The smallest absolute Gasteiger partial charge is 0.156 e. The molecule has 3 nitrogen and oxygen atoms in total. The Balaban J connectivity index is 2.76. The SMILES string of the molecule is CC(C)(C)c1nc2c(Cl)cccn2c1CC(N)=S. The maximum atomic E-state index is 6.18. The maximum Gasteiger partial charge on any atom is 0.156 e. The van der Waals surface area contributed by atoms with Crippen LogP contribution in [0.4, 0.5) is 0 Å². The number of rotatable bonds is 2. The highest BCUT2D eigenvalue weighted by atomic mass is 35.5. The fourth-order valence-electron chi connectivity index (χ4n) is 2.02. The van der Waals surface area contributed by atoms with Crippen LogP contribution in [-0.4, -0.2) is 14.4 Å². The van der Waals surface area contributed by atoms with Crippen molar-refractivity contribution < 1.29 is 0 Å². The van der Waals surface area contributed by atoms with Crippen LogP contribution in [0.3, 0.4) is 0 Å². The molecule has 0 saturated heterocycles. The molecule has 18 heavy (non-hydrogen) atoms. The maximum absolute atomic E-state index is 6.18. The van der Waals surface area contributed by atoms with Crippen LogP contribution in [0.2, 0.25) is 5.02 Å². The number of hydrogen-bond donors (Lipinski definition) is 1. The van der Waals surface area contributed by atoms with Crippen LogP contribution in [0.15, 0.2) is 18.3 Å². The largest absolute Gasteiger partial charge is 0.393 e. The van der Waals surface area contributed by atoms with Crippen molar-refractivity contribution in [1.29, 1.82) is 0 Å². The summed E-state index contributed by atoms with van der Waals surface area (Å²) in [5.74, 6) is 0. The molecule has 0 radical (unpaired) electrons. The van der Waals surface area contributed by atoms with Gasteiger partial charge in [-0.1, -0.05) is 44.6 Å². The molecule has 2 rings (SSSR count). The number of nitrogens with zero attached hydrogens (tertiary/aromatic N) is 2. The Hall–Kier alpha value is -1.13. The molecule has 0 aliphatic carbocycles. The zero-order chi connectivity index (χ0) is 13.5. The second kappa shape index (κ2) is 4.52. The van der Waals surface area contributed by atoms with Crippen LogP contribution >= 0.6 is 23.8 Å². The van der Waals surface area contributed by atoms with Gasteiger partial charge in [-0.3, -0.25) is 0 Å². The molecule has 0 unspecified atom stereocenters. The summed E-state index contributed by atoms with van der Waals surface area (Å²) in [6, 6.07) is 3.73. The summed E-state index contributed by atoms with van der Waals surface area (Å²) in [7, 11) is 0. The van der Waals surface area contributed by atoms with Crippen LogP contribution < -0.4 is 5.73 Å². The predicted octanol–water partition coefficient (Wildman–Crippen LogP) is 3.11. The monoisotopic (exact) mass is 281 g/mol. The quantitative estimate of drug-likeness (QED) is 0.860. The Morgan fingerprint density at radius 2 is 2.17 bits per heavy atom. The number of hydrogen-bond acceptors (Lipinski definition) is 2. The van der Waals surface area contributed by atoms with Gasteiger partial charge in [-0.2, -0.15) is 0 Å². The molecular weight excluding hydrogens is 266 g/mol. The normalized spacial score (nSPS) is 12.0. The number of pyridine rings is 1. The summed E-state index contributed by atoms with van der Waals surface area (Å²) in [5, 5.41) is 0.636.